The van der Waals surface area contributed by atoms with Gasteiger partial charge in [0.15, 0.2) is 0 Å². The number of anilines is 1. The minimum Gasteiger partial charge on any atom is -0.392 e. The quantitative estimate of drug-likeness (QED) is 0.807. The Kier molecular flexibility index (Phi) is 6.60. The largest absolute Gasteiger partial charge is 0.392 e. The fraction of sp³-hybridized carbons (Fsp3) is 0.294. The molecule has 1 aromatic rings. The van der Waals surface area contributed by atoms with Crippen LogP contribution in [-0.2, 0) is 0 Å². The van der Waals surface area contributed by atoms with E-state index in [2.05, 4.69) is 41.3 Å². The van der Waals surface area contributed by atoms with Gasteiger partial charge in [-0.05, 0) is 29.8 Å². The molecule has 0 aliphatic carbocycles. The zero-order valence-electron chi connectivity index (χ0n) is 12.7. The van der Waals surface area contributed by atoms with Crippen LogP contribution in [0.5, 0.6) is 0 Å². The van der Waals surface area contributed by atoms with Crippen molar-refractivity contribution in [1.82, 2.24) is 4.90 Å². The third kappa shape index (κ3) is 5.33. The number of rotatable bonds is 6. The van der Waals surface area contributed by atoms with Crippen LogP contribution in [0.15, 0.2) is 54.3 Å². The fourth-order valence-electron chi connectivity index (χ4n) is 1.65. The van der Waals surface area contributed by atoms with Crippen LogP contribution in [0.1, 0.15) is 5.56 Å². The second kappa shape index (κ2) is 8.23. The van der Waals surface area contributed by atoms with Crippen molar-refractivity contribution in [2.75, 3.05) is 39.7 Å². The van der Waals surface area contributed by atoms with Crippen molar-refractivity contribution in [1.29, 1.82) is 0 Å². The number of nitrogens with zero attached hydrogens (tertiary/aromatic N) is 2. The number of benzene rings is 1. The summed E-state index contributed by atoms with van der Waals surface area (Å²) in [6, 6.07) is 8.40. The Morgan fingerprint density at radius 1 is 1.10 bits per heavy atom. The lowest BCUT2D eigenvalue weighted by atomic mass is 10.1. The van der Waals surface area contributed by atoms with Gasteiger partial charge in [0.05, 0.1) is 6.61 Å². The highest BCUT2D eigenvalue weighted by Gasteiger charge is 1.95. The smallest absolute Gasteiger partial charge is 0.0615 e. The van der Waals surface area contributed by atoms with E-state index >= 15 is 0 Å². The van der Waals surface area contributed by atoms with Crippen molar-refractivity contribution >= 4 is 11.8 Å². The van der Waals surface area contributed by atoms with Gasteiger partial charge >= 0.3 is 0 Å². The monoisotopic (exact) mass is 272 g/mol. The Labute approximate surface area is 122 Å². The third-order valence-corrected chi connectivity index (χ3v) is 2.88. The molecule has 0 fully saturated rings. The van der Waals surface area contributed by atoms with Crippen LogP contribution in [0.3, 0.4) is 0 Å². The van der Waals surface area contributed by atoms with Gasteiger partial charge in [-0.15, -0.1) is 0 Å². The molecule has 0 radical (unpaired) electrons. The molecule has 0 aromatic heterocycles. The molecule has 0 heterocycles. The molecule has 0 saturated heterocycles. The first-order chi connectivity index (χ1) is 9.54. The maximum atomic E-state index is 8.74. The highest BCUT2D eigenvalue weighted by Crippen LogP contribution is 2.14. The fourth-order valence-corrected chi connectivity index (χ4v) is 1.65. The summed E-state index contributed by atoms with van der Waals surface area (Å²) in [5.41, 5.74) is 3.43. The molecule has 0 amide bonds. The average molecular weight is 272 g/mol. The van der Waals surface area contributed by atoms with Crippen molar-refractivity contribution in [2.24, 2.45) is 0 Å². The molecule has 0 aliphatic heterocycles. The van der Waals surface area contributed by atoms with Crippen LogP contribution in [0, 0.1) is 0 Å². The number of aliphatic hydroxyl groups excluding tert-OH is 1. The first-order valence-corrected chi connectivity index (χ1v) is 6.65. The van der Waals surface area contributed by atoms with Gasteiger partial charge in [0, 0.05) is 39.6 Å². The van der Waals surface area contributed by atoms with Crippen molar-refractivity contribution in [3.63, 3.8) is 0 Å². The summed E-state index contributed by atoms with van der Waals surface area (Å²) >= 11 is 0. The molecule has 0 atom stereocenters. The molecule has 0 bridgehead atoms. The van der Waals surface area contributed by atoms with E-state index in [1.54, 1.807) is 6.08 Å². The minimum absolute atomic E-state index is 0.0624. The van der Waals surface area contributed by atoms with E-state index in [4.69, 9.17) is 5.11 Å². The lowest BCUT2D eigenvalue weighted by Gasteiger charge is -2.13. The summed E-state index contributed by atoms with van der Waals surface area (Å²) in [5.74, 6) is 0. The van der Waals surface area contributed by atoms with Gasteiger partial charge in [-0.1, -0.05) is 30.4 Å². The van der Waals surface area contributed by atoms with Crippen molar-refractivity contribution < 1.29 is 5.11 Å². The summed E-state index contributed by atoms with van der Waals surface area (Å²) in [6.07, 6.45) is 9.68. The minimum atomic E-state index is 0.0624. The third-order valence-electron chi connectivity index (χ3n) is 2.88. The SMILES string of the molecule is CN(C)C(/C=C\c1ccc(N(C)C)cc1)=C/C=C/CO. The molecular weight excluding hydrogens is 248 g/mol. The van der Waals surface area contributed by atoms with Crippen LogP contribution < -0.4 is 4.90 Å². The standard InChI is InChI=1S/C17H24N2O/c1-18(2)16(7-5-6-14-20)11-8-15-9-12-17(13-10-15)19(3)4/h5-13,20H,14H2,1-4H3/b6-5+,11-8-,16-7+. The van der Waals surface area contributed by atoms with Gasteiger partial charge in [0.1, 0.15) is 0 Å². The topological polar surface area (TPSA) is 26.7 Å². The van der Waals surface area contributed by atoms with Crippen molar-refractivity contribution in [3.8, 4) is 0 Å². The summed E-state index contributed by atoms with van der Waals surface area (Å²) in [4.78, 5) is 4.12. The molecule has 0 aliphatic rings. The van der Waals surface area contributed by atoms with Crippen molar-refractivity contribution in [2.45, 2.75) is 0 Å². The van der Waals surface area contributed by atoms with E-state index in [0.717, 1.165) is 11.3 Å². The van der Waals surface area contributed by atoms with Gasteiger partial charge in [-0.2, -0.15) is 0 Å². The van der Waals surface area contributed by atoms with E-state index in [1.807, 2.05) is 45.2 Å². The molecule has 0 unspecified atom stereocenters. The number of aliphatic hydroxyl groups is 1. The highest BCUT2D eigenvalue weighted by atomic mass is 16.2. The normalized spacial score (nSPS) is 12.3. The van der Waals surface area contributed by atoms with Gasteiger partial charge in [-0.3, -0.25) is 0 Å². The van der Waals surface area contributed by atoms with Crippen LogP contribution in [0.2, 0.25) is 0 Å². The molecule has 1 aromatic carbocycles. The molecule has 3 nitrogen and oxygen atoms in total. The van der Waals surface area contributed by atoms with Gasteiger partial charge in [0.25, 0.3) is 0 Å². The predicted octanol–water partition coefficient (Wildman–Crippen LogP) is 2.76. The second-order valence-corrected chi connectivity index (χ2v) is 4.92. The molecular formula is C17H24N2O. The van der Waals surface area contributed by atoms with Crippen LogP contribution in [0.4, 0.5) is 5.69 Å². The zero-order valence-corrected chi connectivity index (χ0v) is 12.7. The first-order valence-electron chi connectivity index (χ1n) is 6.65. The van der Waals surface area contributed by atoms with Gasteiger partial charge in [-0.25, -0.2) is 0 Å². The van der Waals surface area contributed by atoms with Crippen LogP contribution in [0.25, 0.3) is 6.08 Å². The summed E-state index contributed by atoms with van der Waals surface area (Å²) in [6.45, 7) is 0.0624. The molecule has 20 heavy (non-hydrogen) atoms. The zero-order chi connectivity index (χ0) is 15.0. The van der Waals surface area contributed by atoms with Crippen LogP contribution in [-0.4, -0.2) is 44.8 Å². The van der Waals surface area contributed by atoms with E-state index < -0.39 is 0 Å². The molecule has 0 saturated carbocycles. The first kappa shape index (κ1) is 16.1. The lowest BCUT2D eigenvalue weighted by Crippen LogP contribution is -2.08. The lowest BCUT2D eigenvalue weighted by molar-refractivity contribution is 0.342. The summed E-state index contributed by atoms with van der Waals surface area (Å²) in [5, 5.41) is 8.74. The number of allylic oxidation sites excluding steroid dienone is 3. The van der Waals surface area contributed by atoms with E-state index in [9.17, 15) is 0 Å². The molecule has 1 N–H and O–H groups in total. The Morgan fingerprint density at radius 3 is 2.25 bits per heavy atom. The van der Waals surface area contributed by atoms with E-state index in [-0.39, 0.29) is 6.61 Å². The molecule has 3 heteroatoms. The summed E-state index contributed by atoms with van der Waals surface area (Å²) < 4.78 is 0. The summed E-state index contributed by atoms with van der Waals surface area (Å²) in [7, 11) is 8.06. The Balaban J connectivity index is 2.82. The Morgan fingerprint density at radius 2 is 1.75 bits per heavy atom. The molecule has 0 spiro atoms. The van der Waals surface area contributed by atoms with Crippen molar-refractivity contribution in [3.05, 3.63) is 59.8 Å². The predicted molar refractivity (Wildman–Crippen MR) is 87.8 cm³/mol. The number of hydrogen-bond acceptors (Lipinski definition) is 3. The molecule has 1 rings (SSSR count). The molecule has 108 valence electrons. The highest BCUT2D eigenvalue weighted by molar-refractivity contribution is 5.57. The number of hydrogen-bond donors (Lipinski definition) is 1. The van der Waals surface area contributed by atoms with Crippen LogP contribution >= 0.6 is 0 Å². The maximum absolute atomic E-state index is 8.74. The Hall–Kier alpha value is -2.00. The van der Waals surface area contributed by atoms with Gasteiger partial charge in [0.2, 0.25) is 0 Å². The Bertz CT molecular complexity index is 482. The number of likely N-dealkylation sites (N-methyl/N-ethyl adjacent to an activating group) is 1. The maximum Gasteiger partial charge on any atom is 0.0615 e. The van der Waals surface area contributed by atoms with E-state index in [0.29, 0.717) is 0 Å². The van der Waals surface area contributed by atoms with Gasteiger partial charge < -0.3 is 14.9 Å². The second-order valence-electron chi connectivity index (χ2n) is 4.92. The average Bonchev–Trinajstić information content (AvgIpc) is 2.42. The van der Waals surface area contributed by atoms with E-state index in [1.165, 1.54) is 5.69 Å².